The molecule has 11 nitrogen and oxygen atoms in total. The van der Waals surface area contributed by atoms with Crippen molar-refractivity contribution in [1.29, 1.82) is 5.41 Å². The third-order valence-electron chi connectivity index (χ3n) is 6.24. The molecule has 2 aliphatic heterocycles. The molecule has 0 radical (unpaired) electrons. The summed E-state index contributed by atoms with van der Waals surface area (Å²) in [5.74, 6) is -0.225. The molecule has 0 spiro atoms. The number of carbonyl (C=O) groups excluding carboxylic acids is 2. The maximum absolute atomic E-state index is 12.8. The molecule has 2 saturated heterocycles. The van der Waals surface area contributed by atoms with Crippen LogP contribution in [0.4, 0.5) is 15.6 Å². The van der Waals surface area contributed by atoms with Crippen LogP contribution in [0, 0.1) is 5.41 Å². The predicted octanol–water partition coefficient (Wildman–Crippen LogP) is 1.76. The van der Waals surface area contributed by atoms with Gasteiger partial charge in [-0.1, -0.05) is 12.1 Å². The Morgan fingerprint density at radius 2 is 1.69 bits per heavy atom. The number of nitrogens with one attached hydrogen (secondary N) is 3. The maximum Gasteiger partial charge on any atom is 0.320 e. The number of ether oxygens (including phenoxy) is 1. The van der Waals surface area contributed by atoms with Crippen molar-refractivity contribution in [2.75, 3.05) is 63.1 Å². The normalized spacial score (nSPS) is 16.6. The monoisotopic (exact) mass is 514 g/mol. The molecule has 1 aromatic carbocycles. The summed E-state index contributed by atoms with van der Waals surface area (Å²) in [5.41, 5.74) is 8.31. The van der Waals surface area contributed by atoms with E-state index in [1.165, 1.54) is 18.3 Å². The highest BCUT2D eigenvalue weighted by Crippen LogP contribution is 2.27. The summed E-state index contributed by atoms with van der Waals surface area (Å²) in [7, 11) is 0. The minimum Gasteiger partial charge on any atom is -0.378 e. The number of anilines is 2. The van der Waals surface area contributed by atoms with Crippen LogP contribution < -0.4 is 16.4 Å². The lowest BCUT2D eigenvalue weighted by Gasteiger charge is -2.38. The van der Waals surface area contributed by atoms with Gasteiger partial charge in [0.1, 0.15) is 0 Å². The van der Waals surface area contributed by atoms with E-state index in [2.05, 4.69) is 15.5 Å². The number of hydrogen-bond donors (Lipinski definition) is 4. The number of nitrogens with two attached hydrogens (primary N) is 1. The fraction of sp³-hybridized carbons (Fsp3) is 0.500. The lowest BCUT2D eigenvalue weighted by molar-refractivity contribution is -0.114. The summed E-state index contributed by atoms with van der Waals surface area (Å²) in [6, 6.07) is 7.93. The average molecular weight is 515 g/mol. The summed E-state index contributed by atoms with van der Waals surface area (Å²) in [4.78, 5) is 36.4. The van der Waals surface area contributed by atoms with Crippen LogP contribution in [0.3, 0.4) is 0 Å². The van der Waals surface area contributed by atoms with E-state index in [9.17, 15) is 9.59 Å². The van der Waals surface area contributed by atoms with E-state index < -0.39 is 0 Å². The summed E-state index contributed by atoms with van der Waals surface area (Å²) in [6.07, 6.45) is 1.55. The molecule has 36 heavy (non-hydrogen) atoms. The van der Waals surface area contributed by atoms with Crippen LogP contribution in [0.2, 0.25) is 0 Å². The fourth-order valence-corrected chi connectivity index (χ4v) is 5.43. The zero-order valence-electron chi connectivity index (χ0n) is 20.6. The molecule has 2 aliphatic rings. The first-order chi connectivity index (χ1) is 17.4. The first-order valence-electron chi connectivity index (χ1n) is 12.2. The van der Waals surface area contributed by atoms with Crippen LogP contribution in [0.25, 0.3) is 0 Å². The van der Waals surface area contributed by atoms with Crippen molar-refractivity contribution in [3.05, 3.63) is 40.4 Å². The number of rotatable bonds is 7. The second kappa shape index (κ2) is 12.2. The van der Waals surface area contributed by atoms with Gasteiger partial charge in [-0.15, -0.1) is 11.3 Å². The first kappa shape index (κ1) is 25.9. The summed E-state index contributed by atoms with van der Waals surface area (Å²) in [6.45, 7) is 7.76. The number of hydrogen-bond acceptors (Lipinski definition) is 7. The topological polar surface area (TPSA) is 140 Å². The summed E-state index contributed by atoms with van der Waals surface area (Å²) < 4.78 is 5.36. The molecule has 2 fully saturated rings. The van der Waals surface area contributed by atoms with Crippen molar-refractivity contribution < 1.29 is 14.3 Å². The number of amides is 3. The van der Waals surface area contributed by atoms with Crippen molar-refractivity contribution >= 4 is 40.1 Å². The molecule has 3 heterocycles. The zero-order valence-corrected chi connectivity index (χ0v) is 21.4. The van der Waals surface area contributed by atoms with Gasteiger partial charge in [-0.2, -0.15) is 0 Å². The molecule has 0 unspecified atom stereocenters. The molecule has 4 rings (SSSR count). The third-order valence-corrected chi connectivity index (χ3v) is 7.23. The van der Waals surface area contributed by atoms with Crippen LogP contribution in [-0.2, 0) is 28.9 Å². The number of aryl methyl sites for hydroxylation is 2. The molecule has 2 aromatic rings. The Balaban J connectivity index is 1.35. The zero-order chi connectivity index (χ0) is 25.5. The molecule has 1 aromatic heterocycles. The highest BCUT2D eigenvalue weighted by Gasteiger charge is 2.27. The molecular weight excluding hydrogens is 480 g/mol. The number of piperazine rings is 1. The van der Waals surface area contributed by atoms with Crippen molar-refractivity contribution in [3.63, 3.8) is 0 Å². The van der Waals surface area contributed by atoms with E-state index in [0.29, 0.717) is 44.5 Å². The number of benzene rings is 1. The molecule has 0 atom stereocenters. The smallest absolute Gasteiger partial charge is 0.320 e. The largest absolute Gasteiger partial charge is 0.378 e. The Morgan fingerprint density at radius 1 is 1.03 bits per heavy atom. The number of nitrogens with zero attached hydrogens (tertiary/aromatic N) is 4. The highest BCUT2D eigenvalue weighted by molar-refractivity contribution is 7.15. The van der Waals surface area contributed by atoms with E-state index in [-0.39, 0.29) is 17.9 Å². The van der Waals surface area contributed by atoms with Crippen molar-refractivity contribution in [2.45, 2.75) is 26.3 Å². The molecule has 0 bridgehead atoms. The van der Waals surface area contributed by atoms with Crippen LogP contribution >= 0.6 is 11.3 Å². The molecule has 0 saturated carbocycles. The van der Waals surface area contributed by atoms with Crippen LogP contribution in [0.15, 0.2) is 24.3 Å². The Labute approximate surface area is 215 Å². The van der Waals surface area contributed by atoms with E-state index >= 15 is 0 Å². The average Bonchev–Trinajstić information content (AvgIpc) is 3.24. The Bertz CT molecular complexity index is 1060. The van der Waals surface area contributed by atoms with Gasteiger partial charge in [-0.25, -0.2) is 9.78 Å². The van der Waals surface area contributed by atoms with E-state index in [4.69, 9.17) is 20.9 Å². The van der Waals surface area contributed by atoms with Gasteiger partial charge in [0.2, 0.25) is 5.91 Å². The van der Waals surface area contributed by atoms with E-state index in [1.54, 1.807) is 0 Å². The van der Waals surface area contributed by atoms with Gasteiger partial charge >= 0.3 is 6.03 Å². The Morgan fingerprint density at radius 3 is 2.33 bits per heavy atom. The Hall–Kier alpha value is -3.22. The van der Waals surface area contributed by atoms with Gasteiger partial charge < -0.3 is 30.9 Å². The number of morpholine rings is 1. The summed E-state index contributed by atoms with van der Waals surface area (Å²) in [5, 5.41) is 13.6. The quantitative estimate of drug-likeness (QED) is 0.326. The number of carbonyl (C=O) groups is 2. The number of urea groups is 1. The first-order valence-corrected chi connectivity index (χ1v) is 13.0. The maximum atomic E-state index is 12.8. The predicted molar refractivity (Wildman–Crippen MR) is 140 cm³/mol. The van der Waals surface area contributed by atoms with Gasteiger partial charge in [0, 0.05) is 63.3 Å². The van der Waals surface area contributed by atoms with Gasteiger partial charge in [0.05, 0.1) is 18.9 Å². The minimum atomic E-state index is -0.134. The Kier molecular flexibility index (Phi) is 8.73. The lowest BCUT2D eigenvalue weighted by Crippen LogP contribution is -2.54. The molecule has 194 valence electrons. The van der Waals surface area contributed by atoms with Gasteiger partial charge in [0.25, 0.3) is 0 Å². The van der Waals surface area contributed by atoms with Crippen molar-refractivity contribution in [1.82, 2.24) is 19.7 Å². The molecule has 5 N–H and O–H groups in total. The van der Waals surface area contributed by atoms with E-state index in [1.807, 2.05) is 34.1 Å². The second-order valence-electron chi connectivity index (χ2n) is 8.95. The van der Waals surface area contributed by atoms with Gasteiger partial charge in [-0.05, 0) is 30.5 Å². The van der Waals surface area contributed by atoms with Crippen LogP contribution in [0.1, 0.15) is 23.1 Å². The van der Waals surface area contributed by atoms with Crippen molar-refractivity contribution in [2.24, 2.45) is 5.73 Å². The molecule has 12 heteroatoms. The van der Waals surface area contributed by atoms with Gasteiger partial charge in [0.15, 0.2) is 11.1 Å². The number of thiazole rings is 1. The van der Waals surface area contributed by atoms with Crippen LogP contribution in [-0.4, -0.2) is 90.1 Å². The molecule has 3 amide bonds. The minimum absolute atomic E-state index is 0.0911. The lowest BCUT2D eigenvalue weighted by atomic mass is 10.1. The highest BCUT2D eigenvalue weighted by atomic mass is 32.1. The third kappa shape index (κ3) is 7.15. The summed E-state index contributed by atoms with van der Waals surface area (Å²) >= 11 is 1.52. The van der Waals surface area contributed by atoms with E-state index in [0.717, 1.165) is 54.3 Å². The molecule has 0 aliphatic carbocycles. The van der Waals surface area contributed by atoms with Crippen molar-refractivity contribution in [3.8, 4) is 0 Å². The fourth-order valence-electron chi connectivity index (χ4n) is 4.33. The number of aromatic nitrogens is 1. The number of guanidine groups is 1. The van der Waals surface area contributed by atoms with Gasteiger partial charge in [-0.3, -0.25) is 15.1 Å². The molecular formula is C24H34N8O3S. The SMILES string of the molecule is CC(=O)Nc1nc(CCc2ccc(NC(=N)N)cc2)c(CN2CCN(C(=O)N3CCOCC3)CC2)s1. The second-order valence-corrected chi connectivity index (χ2v) is 10.0. The van der Waals surface area contributed by atoms with Crippen LogP contribution in [0.5, 0.6) is 0 Å². The standard InChI is InChI=1S/C24H34N8O3S/c1-17(33)27-23-29-20(7-4-18-2-5-19(6-3-18)28-22(25)26)21(36-23)16-30-8-10-31(11-9-30)24(34)32-12-14-35-15-13-32/h2-3,5-6H,4,7-16H2,1H3,(H4,25,26,28)(H,27,29,33).